The van der Waals surface area contributed by atoms with Crippen molar-refractivity contribution < 1.29 is 14.3 Å². The van der Waals surface area contributed by atoms with E-state index < -0.39 is 0 Å². The van der Waals surface area contributed by atoms with E-state index >= 15 is 0 Å². The maximum atomic E-state index is 11.4. The van der Waals surface area contributed by atoms with Gasteiger partial charge < -0.3 is 9.47 Å². The molecule has 0 atom stereocenters. The molecule has 0 radical (unpaired) electrons. The van der Waals surface area contributed by atoms with Crippen molar-refractivity contribution in [1.82, 2.24) is 9.78 Å². The third kappa shape index (κ3) is 3.35. The zero-order valence-electron chi connectivity index (χ0n) is 10.6. The van der Waals surface area contributed by atoms with E-state index in [0.29, 0.717) is 17.9 Å². The van der Waals surface area contributed by atoms with Crippen LogP contribution < -0.4 is 4.74 Å². The Bertz CT molecular complexity index is 595. The second-order valence-electron chi connectivity index (χ2n) is 3.94. The number of methoxy groups -OCH3 is 1. The average Bonchev–Trinajstić information content (AvgIpc) is 2.82. The Morgan fingerprint density at radius 2 is 2.26 bits per heavy atom. The molecule has 100 valence electrons. The van der Waals surface area contributed by atoms with Crippen LogP contribution >= 0.6 is 15.9 Å². The van der Waals surface area contributed by atoms with Crippen LogP contribution in [0.5, 0.6) is 5.75 Å². The lowest BCUT2D eigenvalue weighted by atomic mass is 10.1. The van der Waals surface area contributed by atoms with Gasteiger partial charge >= 0.3 is 5.97 Å². The predicted molar refractivity (Wildman–Crippen MR) is 73.0 cm³/mol. The zero-order chi connectivity index (χ0) is 13.8. The fraction of sp³-hybridized carbons (Fsp3) is 0.231. The molecule has 2 rings (SSSR count). The summed E-state index contributed by atoms with van der Waals surface area (Å²) in [5.74, 6) is 0.340. The van der Waals surface area contributed by atoms with Gasteiger partial charge in [0.2, 0.25) is 0 Å². The van der Waals surface area contributed by atoms with Crippen LogP contribution in [0.4, 0.5) is 0 Å². The molecule has 2 aromatic rings. The van der Waals surface area contributed by atoms with E-state index in [1.54, 1.807) is 29.2 Å². The molecule has 0 unspecified atom stereocenters. The molecule has 1 aromatic carbocycles. The number of aryl methyl sites for hydroxylation is 1. The molecular formula is C13H13BrN2O3. The van der Waals surface area contributed by atoms with Crippen molar-refractivity contribution in [2.75, 3.05) is 7.11 Å². The number of rotatable bonds is 4. The van der Waals surface area contributed by atoms with E-state index in [1.807, 2.05) is 13.1 Å². The molecule has 0 bridgehead atoms. The summed E-state index contributed by atoms with van der Waals surface area (Å²) in [4.78, 5) is 11.4. The van der Waals surface area contributed by atoms with E-state index in [4.69, 9.17) is 4.74 Å². The van der Waals surface area contributed by atoms with Crippen molar-refractivity contribution in [2.24, 2.45) is 7.05 Å². The fourth-order valence-electron chi connectivity index (χ4n) is 1.54. The quantitative estimate of drug-likeness (QED) is 0.811. The smallest absolute Gasteiger partial charge is 0.337 e. The number of halogens is 1. The van der Waals surface area contributed by atoms with Crippen LogP contribution in [0.1, 0.15) is 15.9 Å². The van der Waals surface area contributed by atoms with Gasteiger partial charge in [-0.3, -0.25) is 4.68 Å². The molecule has 1 aromatic heterocycles. The van der Waals surface area contributed by atoms with E-state index in [-0.39, 0.29) is 5.97 Å². The Labute approximate surface area is 119 Å². The lowest BCUT2D eigenvalue weighted by Gasteiger charge is -2.07. The highest BCUT2D eigenvalue weighted by Crippen LogP contribution is 2.21. The van der Waals surface area contributed by atoms with Crippen molar-refractivity contribution >= 4 is 21.9 Å². The Morgan fingerprint density at radius 1 is 1.47 bits per heavy atom. The van der Waals surface area contributed by atoms with Gasteiger partial charge in [0.15, 0.2) is 5.75 Å². The van der Waals surface area contributed by atoms with Gasteiger partial charge in [0, 0.05) is 17.1 Å². The summed E-state index contributed by atoms with van der Waals surface area (Å²) in [6, 6.07) is 5.25. The third-order valence-corrected chi connectivity index (χ3v) is 3.29. The standard InChI is InChI=1S/C13H13BrN2O3/c1-16-7-11(6-15-16)19-8-10-4-3-9(5-12(10)14)13(17)18-2/h3-7H,8H2,1-2H3. The number of hydrogen-bond donors (Lipinski definition) is 0. The molecular weight excluding hydrogens is 312 g/mol. The molecule has 0 aliphatic rings. The number of carbonyl (C=O) groups is 1. The Morgan fingerprint density at radius 3 is 2.84 bits per heavy atom. The van der Waals surface area contributed by atoms with Gasteiger partial charge in [-0.2, -0.15) is 5.10 Å². The molecule has 0 aliphatic carbocycles. The minimum Gasteiger partial charge on any atom is -0.486 e. The first kappa shape index (κ1) is 13.6. The van der Waals surface area contributed by atoms with E-state index in [1.165, 1.54) is 7.11 Å². The summed E-state index contributed by atoms with van der Waals surface area (Å²) in [6.07, 6.45) is 3.44. The number of esters is 1. The van der Waals surface area contributed by atoms with Crippen LogP contribution in [0.15, 0.2) is 35.1 Å². The maximum absolute atomic E-state index is 11.4. The number of aromatic nitrogens is 2. The van der Waals surface area contributed by atoms with Gasteiger partial charge in [-0.15, -0.1) is 0 Å². The van der Waals surface area contributed by atoms with Gasteiger partial charge in [-0.05, 0) is 12.1 Å². The number of benzene rings is 1. The van der Waals surface area contributed by atoms with Crippen molar-refractivity contribution in [3.8, 4) is 5.75 Å². The monoisotopic (exact) mass is 324 g/mol. The number of nitrogens with zero attached hydrogens (tertiary/aromatic N) is 2. The van der Waals surface area contributed by atoms with Crippen LogP contribution in [0.25, 0.3) is 0 Å². The number of hydrogen-bond acceptors (Lipinski definition) is 4. The first-order chi connectivity index (χ1) is 9.10. The van der Waals surface area contributed by atoms with Crippen LogP contribution in [0.2, 0.25) is 0 Å². The molecule has 0 aliphatic heterocycles. The fourth-order valence-corrected chi connectivity index (χ4v) is 2.04. The van der Waals surface area contributed by atoms with Gasteiger partial charge in [-0.1, -0.05) is 22.0 Å². The van der Waals surface area contributed by atoms with Gasteiger partial charge in [0.1, 0.15) is 6.61 Å². The summed E-state index contributed by atoms with van der Waals surface area (Å²) >= 11 is 3.41. The molecule has 0 fully saturated rings. The summed E-state index contributed by atoms with van der Waals surface area (Å²) in [6.45, 7) is 0.397. The van der Waals surface area contributed by atoms with Gasteiger partial charge in [0.05, 0.1) is 25.1 Å². The minimum atomic E-state index is -0.361. The lowest BCUT2D eigenvalue weighted by molar-refractivity contribution is 0.0600. The Kier molecular flexibility index (Phi) is 4.21. The Balaban J connectivity index is 2.07. The minimum absolute atomic E-state index is 0.361. The highest BCUT2D eigenvalue weighted by molar-refractivity contribution is 9.10. The molecule has 0 saturated carbocycles. The molecule has 1 heterocycles. The number of ether oxygens (including phenoxy) is 2. The van der Waals surface area contributed by atoms with E-state index in [0.717, 1.165) is 10.0 Å². The zero-order valence-corrected chi connectivity index (χ0v) is 12.2. The lowest BCUT2D eigenvalue weighted by Crippen LogP contribution is -2.03. The predicted octanol–water partition coefficient (Wildman–Crippen LogP) is 2.55. The molecule has 19 heavy (non-hydrogen) atoms. The largest absolute Gasteiger partial charge is 0.486 e. The third-order valence-electron chi connectivity index (χ3n) is 2.55. The van der Waals surface area contributed by atoms with Gasteiger partial charge in [0.25, 0.3) is 0 Å². The summed E-state index contributed by atoms with van der Waals surface area (Å²) in [5.41, 5.74) is 1.44. The van der Waals surface area contributed by atoms with Crippen LogP contribution in [0, 0.1) is 0 Å². The second kappa shape index (κ2) is 5.88. The first-order valence-corrected chi connectivity index (χ1v) is 6.37. The molecule has 0 amide bonds. The van der Waals surface area contributed by atoms with Crippen molar-refractivity contribution in [3.05, 3.63) is 46.2 Å². The Hall–Kier alpha value is -1.82. The molecule has 0 saturated heterocycles. The van der Waals surface area contributed by atoms with E-state index in [9.17, 15) is 4.79 Å². The topological polar surface area (TPSA) is 53.4 Å². The summed E-state index contributed by atoms with van der Waals surface area (Å²) in [7, 11) is 3.18. The summed E-state index contributed by atoms with van der Waals surface area (Å²) in [5, 5.41) is 4.02. The SMILES string of the molecule is COC(=O)c1ccc(COc2cnn(C)c2)c(Br)c1. The number of carbonyl (C=O) groups excluding carboxylic acids is 1. The second-order valence-corrected chi connectivity index (χ2v) is 4.79. The van der Waals surface area contributed by atoms with Crippen LogP contribution in [0.3, 0.4) is 0 Å². The molecule has 0 N–H and O–H groups in total. The molecule has 0 spiro atoms. The van der Waals surface area contributed by atoms with Crippen molar-refractivity contribution in [1.29, 1.82) is 0 Å². The van der Waals surface area contributed by atoms with Crippen molar-refractivity contribution in [3.63, 3.8) is 0 Å². The normalized spacial score (nSPS) is 10.3. The van der Waals surface area contributed by atoms with Crippen molar-refractivity contribution in [2.45, 2.75) is 6.61 Å². The maximum Gasteiger partial charge on any atom is 0.337 e. The van der Waals surface area contributed by atoms with Gasteiger partial charge in [-0.25, -0.2) is 4.79 Å². The highest BCUT2D eigenvalue weighted by Gasteiger charge is 2.09. The van der Waals surface area contributed by atoms with E-state index in [2.05, 4.69) is 25.8 Å². The highest BCUT2D eigenvalue weighted by atomic mass is 79.9. The van der Waals surface area contributed by atoms with Crippen LogP contribution in [-0.4, -0.2) is 22.9 Å². The molecule has 6 heteroatoms. The summed E-state index contributed by atoms with van der Waals surface area (Å²) < 4.78 is 12.7. The van der Waals surface area contributed by atoms with Crippen LogP contribution in [-0.2, 0) is 18.4 Å². The molecule has 5 nitrogen and oxygen atoms in total. The first-order valence-electron chi connectivity index (χ1n) is 5.58. The average molecular weight is 325 g/mol.